The summed E-state index contributed by atoms with van der Waals surface area (Å²) >= 11 is 1.50. The summed E-state index contributed by atoms with van der Waals surface area (Å²) in [6.45, 7) is 0. The number of anilines is 1. The van der Waals surface area contributed by atoms with Gasteiger partial charge >= 0.3 is 0 Å². The Kier molecular flexibility index (Phi) is 5.49. The molecule has 0 saturated carbocycles. The molecule has 4 aromatic rings. The predicted octanol–water partition coefficient (Wildman–Crippen LogP) is 5.28. The molecule has 1 heterocycles. The first-order chi connectivity index (χ1) is 13.8. The van der Waals surface area contributed by atoms with Crippen molar-refractivity contribution in [1.29, 1.82) is 0 Å². The average molecular weight is 387 g/mol. The van der Waals surface area contributed by atoms with Gasteiger partial charge < -0.3 is 9.73 Å². The Morgan fingerprint density at radius 1 is 0.857 bits per heavy atom. The highest BCUT2D eigenvalue weighted by molar-refractivity contribution is 7.98. The third-order valence-electron chi connectivity index (χ3n) is 4.04. The minimum absolute atomic E-state index is 0.147. The molecule has 0 aliphatic rings. The van der Waals surface area contributed by atoms with Crippen LogP contribution in [-0.2, 0) is 5.75 Å². The maximum absolute atomic E-state index is 12.2. The van der Waals surface area contributed by atoms with Gasteiger partial charge in [-0.25, -0.2) is 0 Å². The maximum atomic E-state index is 12.2. The van der Waals surface area contributed by atoms with Gasteiger partial charge in [0.25, 0.3) is 11.1 Å². The minimum Gasteiger partial charge on any atom is -0.411 e. The van der Waals surface area contributed by atoms with E-state index in [1.54, 1.807) is 12.1 Å². The van der Waals surface area contributed by atoms with E-state index in [-0.39, 0.29) is 5.91 Å². The Morgan fingerprint density at radius 3 is 2.25 bits per heavy atom. The largest absolute Gasteiger partial charge is 0.411 e. The number of hydrogen-bond acceptors (Lipinski definition) is 5. The number of aromatic nitrogens is 2. The molecule has 0 unspecified atom stereocenters. The lowest BCUT2D eigenvalue weighted by molar-refractivity contribution is 0.102. The van der Waals surface area contributed by atoms with E-state index in [0.29, 0.717) is 22.4 Å². The van der Waals surface area contributed by atoms with Crippen molar-refractivity contribution in [2.45, 2.75) is 11.0 Å². The zero-order valence-corrected chi connectivity index (χ0v) is 15.7. The molecular weight excluding hydrogens is 370 g/mol. The summed E-state index contributed by atoms with van der Waals surface area (Å²) < 4.78 is 5.74. The van der Waals surface area contributed by atoms with Gasteiger partial charge in [-0.3, -0.25) is 4.79 Å². The number of nitrogens with zero attached hydrogens (tertiary/aromatic N) is 2. The van der Waals surface area contributed by atoms with Crippen LogP contribution in [-0.4, -0.2) is 16.1 Å². The molecule has 0 saturated heterocycles. The van der Waals surface area contributed by atoms with E-state index in [1.165, 1.54) is 17.3 Å². The minimum atomic E-state index is -0.147. The summed E-state index contributed by atoms with van der Waals surface area (Å²) in [7, 11) is 0. The maximum Gasteiger partial charge on any atom is 0.277 e. The summed E-state index contributed by atoms with van der Waals surface area (Å²) in [5.41, 5.74) is 3.32. The molecule has 5 nitrogen and oxygen atoms in total. The first kappa shape index (κ1) is 18.0. The first-order valence-corrected chi connectivity index (χ1v) is 9.73. The normalized spacial score (nSPS) is 10.6. The van der Waals surface area contributed by atoms with Crippen LogP contribution in [0.25, 0.3) is 11.5 Å². The summed E-state index contributed by atoms with van der Waals surface area (Å²) in [6, 6.07) is 26.6. The highest BCUT2D eigenvalue weighted by Gasteiger charge is 2.10. The zero-order chi connectivity index (χ0) is 19.2. The van der Waals surface area contributed by atoms with Crippen molar-refractivity contribution in [2.75, 3.05) is 5.32 Å². The fraction of sp³-hybridized carbons (Fsp3) is 0.0455. The molecule has 4 rings (SSSR count). The lowest BCUT2D eigenvalue weighted by Gasteiger charge is -2.05. The Hall–Kier alpha value is -3.38. The van der Waals surface area contributed by atoms with Gasteiger partial charge in [-0.05, 0) is 42.0 Å². The van der Waals surface area contributed by atoms with Gasteiger partial charge in [0.2, 0.25) is 5.89 Å². The second-order valence-electron chi connectivity index (χ2n) is 6.04. The SMILES string of the molecule is O=C(Nc1ccc(-c2nnc(SCc3ccccc3)o2)cc1)c1ccccc1. The molecule has 138 valence electrons. The molecule has 6 heteroatoms. The second kappa shape index (κ2) is 8.54. The number of carbonyl (C=O) groups is 1. The van der Waals surface area contributed by atoms with E-state index in [1.807, 2.05) is 60.7 Å². The van der Waals surface area contributed by atoms with E-state index in [2.05, 4.69) is 27.6 Å². The quantitative estimate of drug-likeness (QED) is 0.456. The Morgan fingerprint density at radius 2 is 1.54 bits per heavy atom. The van der Waals surface area contributed by atoms with E-state index >= 15 is 0 Å². The molecule has 0 spiro atoms. The molecule has 1 N–H and O–H groups in total. The molecule has 1 amide bonds. The number of rotatable bonds is 6. The van der Waals surface area contributed by atoms with Crippen LogP contribution in [0.4, 0.5) is 5.69 Å². The smallest absolute Gasteiger partial charge is 0.277 e. The molecular formula is C22H17N3O2S. The fourth-order valence-corrected chi connectivity index (χ4v) is 3.31. The molecule has 0 bridgehead atoms. The molecule has 0 fully saturated rings. The van der Waals surface area contributed by atoms with Crippen molar-refractivity contribution in [3.8, 4) is 11.5 Å². The standard InChI is InChI=1S/C22H17N3O2S/c26-20(17-9-5-2-6-10-17)23-19-13-11-18(12-14-19)21-24-25-22(27-21)28-15-16-7-3-1-4-8-16/h1-14H,15H2,(H,23,26). The molecule has 28 heavy (non-hydrogen) atoms. The number of hydrogen-bond donors (Lipinski definition) is 1. The van der Waals surface area contributed by atoms with E-state index in [9.17, 15) is 4.79 Å². The van der Waals surface area contributed by atoms with Gasteiger partial charge in [0.1, 0.15) is 0 Å². The van der Waals surface area contributed by atoms with Crippen molar-refractivity contribution in [2.24, 2.45) is 0 Å². The monoisotopic (exact) mass is 387 g/mol. The van der Waals surface area contributed by atoms with Crippen molar-refractivity contribution in [1.82, 2.24) is 10.2 Å². The fourth-order valence-electron chi connectivity index (χ4n) is 2.59. The van der Waals surface area contributed by atoms with Crippen LogP contribution in [0.2, 0.25) is 0 Å². The molecule has 0 aliphatic carbocycles. The Bertz CT molecular complexity index is 1050. The van der Waals surface area contributed by atoms with Crippen LogP contribution in [0.1, 0.15) is 15.9 Å². The third kappa shape index (κ3) is 4.47. The highest BCUT2D eigenvalue weighted by atomic mass is 32.2. The van der Waals surface area contributed by atoms with E-state index in [4.69, 9.17) is 4.42 Å². The number of amides is 1. The van der Waals surface area contributed by atoms with Gasteiger partial charge in [-0.1, -0.05) is 60.3 Å². The Labute approximate surface area is 166 Å². The number of thioether (sulfide) groups is 1. The van der Waals surface area contributed by atoms with Crippen LogP contribution in [0.15, 0.2) is 94.6 Å². The Balaban J connectivity index is 1.39. The van der Waals surface area contributed by atoms with Gasteiger partial charge in [-0.2, -0.15) is 0 Å². The summed E-state index contributed by atoms with van der Waals surface area (Å²) in [4.78, 5) is 12.2. The number of benzene rings is 3. The van der Waals surface area contributed by atoms with Gasteiger partial charge in [-0.15, -0.1) is 10.2 Å². The van der Waals surface area contributed by atoms with Crippen molar-refractivity contribution in [3.63, 3.8) is 0 Å². The van der Waals surface area contributed by atoms with Crippen LogP contribution < -0.4 is 5.32 Å². The molecule has 1 aromatic heterocycles. The lowest BCUT2D eigenvalue weighted by atomic mass is 10.2. The number of nitrogens with one attached hydrogen (secondary N) is 1. The van der Waals surface area contributed by atoms with Gasteiger partial charge in [0.05, 0.1) is 0 Å². The lowest BCUT2D eigenvalue weighted by Crippen LogP contribution is -2.11. The van der Waals surface area contributed by atoms with Crippen molar-refractivity contribution >= 4 is 23.4 Å². The summed E-state index contributed by atoms with van der Waals surface area (Å²) in [5.74, 6) is 1.08. The average Bonchev–Trinajstić information content (AvgIpc) is 3.23. The molecule has 3 aromatic carbocycles. The first-order valence-electron chi connectivity index (χ1n) is 8.75. The van der Waals surface area contributed by atoms with Crippen LogP contribution in [0, 0.1) is 0 Å². The molecule has 0 aliphatic heterocycles. The van der Waals surface area contributed by atoms with Crippen LogP contribution in [0.5, 0.6) is 0 Å². The third-order valence-corrected chi connectivity index (χ3v) is 4.93. The predicted molar refractivity (Wildman–Crippen MR) is 110 cm³/mol. The second-order valence-corrected chi connectivity index (χ2v) is 6.97. The zero-order valence-electron chi connectivity index (χ0n) is 14.9. The molecule has 0 atom stereocenters. The topological polar surface area (TPSA) is 68.0 Å². The summed E-state index contributed by atoms with van der Waals surface area (Å²) in [6.07, 6.45) is 0. The van der Waals surface area contributed by atoms with Gasteiger partial charge in [0.15, 0.2) is 0 Å². The molecule has 0 radical (unpaired) electrons. The van der Waals surface area contributed by atoms with Gasteiger partial charge in [0, 0.05) is 22.6 Å². The van der Waals surface area contributed by atoms with Crippen LogP contribution in [0.3, 0.4) is 0 Å². The highest BCUT2D eigenvalue weighted by Crippen LogP contribution is 2.26. The summed E-state index contributed by atoms with van der Waals surface area (Å²) in [5, 5.41) is 11.6. The van der Waals surface area contributed by atoms with E-state index < -0.39 is 0 Å². The van der Waals surface area contributed by atoms with E-state index in [0.717, 1.165) is 11.3 Å². The van der Waals surface area contributed by atoms with Crippen molar-refractivity contribution < 1.29 is 9.21 Å². The van der Waals surface area contributed by atoms with Crippen molar-refractivity contribution in [3.05, 3.63) is 96.1 Å². The number of carbonyl (C=O) groups excluding carboxylic acids is 1. The van der Waals surface area contributed by atoms with Crippen LogP contribution >= 0.6 is 11.8 Å².